The first-order chi connectivity index (χ1) is 5.20. The largest absolute Gasteiger partial charge is 2.00 e. The summed E-state index contributed by atoms with van der Waals surface area (Å²) in [6, 6.07) is 0. The Labute approximate surface area is 108 Å². The predicted octanol–water partition coefficient (Wildman–Crippen LogP) is -3.72. The maximum atomic E-state index is 8.25. The fraction of sp³-hybridized carbons (Fsp3) is 0. The van der Waals surface area contributed by atoms with Crippen molar-refractivity contribution < 1.29 is 61.9 Å². The van der Waals surface area contributed by atoms with E-state index in [1.54, 1.807) is 0 Å². The van der Waals surface area contributed by atoms with Gasteiger partial charge in [0.25, 0.3) is 0 Å². The molecule has 0 saturated carbocycles. The summed E-state index contributed by atoms with van der Waals surface area (Å²) in [6.45, 7) is 0. The van der Waals surface area contributed by atoms with Crippen molar-refractivity contribution in [3.63, 3.8) is 0 Å². The van der Waals surface area contributed by atoms with E-state index in [0.717, 1.165) is 0 Å². The van der Waals surface area contributed by atoms with Gasteiger partial charge in [-0.1, -0.05) is 0 Å². The molecule has 0 saturated heterocycles. The summed E-state index contributed by atoms with van der Waals surface area (Å²) in [5.41, 5.74) is 0. The summed E-state index contributed by atoms with van der Waals surface area (Å²) in [5.74, 6) is 0. The van der Waals surface area contributed by atoms with Crippen molar-refractivity contribution in [3.8, 4) is 0 Å². The van der Waals surface area contributed by atoms with Gasteiger partial charge in [-0.2, -0.15) is 0 Å². The monoisotopic (exact) mass is 272 g/mol. The predicted molar refractivity (Wildman–Crippen MR) is 31.1 cm³/mol. The molecule has 1 radical (unpaired) electrons. The van der Waals surface area contributed by atoms with Gasteiger partial charge in [0.15, 0.2) is 0 Å². The van der Waals surface area contributed by atoms with Gasteiger partial charge in [-0.3, -0.25) is 0 Å². The molecule has 0 spiro atoms. The molecule has 0 aliphatic rings. The van der Waals surface area contributed by atoms with Crippen LogP contribution in [0.4, 0.5) is 0 Å². The molecular weight excluding hydrogens is 273 g/mol. The molecule has 0 aliphatic carbocycles. The normalized spacial score (nSPS) is 5.14. The SMILES string of the molecule is O=[N+]([O-])[O-].O=[N+]([O-])[O-].O=[N+]([O-])[O-].[Cu+2].[Na+]. The van der Waals surface area contributed by atoms with Crippen LogP contribution in [0, 0.1) is 46.0 Å². The summed E-state index contributed by atoms with van der Waals surface area (Å²) < 4.78 is 0. The molecule has 0 rings (SSSR count). The van der Waals surface area contributed by atoms with E-state index in [4.69, 9.17) is 46.0 Å². The summed E-state index contributed by atoms with van der Waals surface area (Å²) >= 11 is 0. The van der Waals surface area contributed by atoms with Crippen LogP contribution in [-0.4, -0.2) is 15.3 Å². The van der Waals surface area contributed by atoms with Gasteiger partial charge in [0.2, 0.25) is 0 Å². The Bertz CT molecular complexity index is 118. The molecule has 0 unspecified atom stereocenters. The average Bonchev–Trinajstić information content (AvgIpc) is 1.54. The molecule has 0 fully saturated rings. The van der Waals surface area contributed by atoms with Gasteiger partial charge in [0.1, 0.15) is 0 Å². The Hall–Kier alpha value is -0.881. The molecule has 0 atom stereocenters. The van der Waals surface area contributed by atoms with Crippen LogP contribution in [0.25, 0.3) is 0 Å². The quantitative estimate of drug-likeness (QED) is 0.241. The number of hydrogen-bond donors (Lipinski definition) is 0. The zero-order valence-electron chi connectivity index (χ0n) is 6.32. The van der Waals surface area contributed by atoms with Crippen molar-refractivity contribution in [2.24, 2.45) is 0 Å². The van der Waals surface area contributed by atoms with Gasteiger partial charge in [-0.15, -0.1) is 0 Å². The molecule has 14 heteroatoms. The topological polar surface area (TPSA) is 199 Å². The fourth-order valence-electron chi connectivity index (χ4n) is 0. The van der Waals surface area contributed by atoms with Crippen LogP contribution in [0.2, 0.25) is 0 Å². The first-order valence-electron chi connectivity index (χ1n) is 1.64. The Morgan fingerprint density at radius 1 is 0.571 bits per heavy atom. The molecule has 0 bridgehead atoms. The van der Waals surface area contributed by atoms with Crippen LogP contribution in [0.1, 0.15) is 0 Å². The smallest absolute Gasteiger partial charge is 0.356 e. The van der Waals surface area contributed by atoms with Crippen molar-refractivity contribution in [2.45, 2.75) is 0 Å². The van der Waals surface area contributed by atoms with E-state index in [2.05, 4.69) is 0 Å². The van der Waals surface area contributed by atoms with Crippen molar-refractivity contribution in [1.82, 2.24) is 0 Å². The zero-order valence-corrected chi connectivity index (χ0v) is 9.26. The van der Waals surface area contributed by atoms with Crippen LogP contribution >= 0.6 is 0 Å². The summed E-state index contributed by atoms with van der Waals surface area (Å²) in [5, 5.41) is 44.2. The van der Waals surface area contributed by atoms with Crippen LogP contribution < -0.4 is 29.6 Å². The second-order valence-electron chi connectivity index (χ2n) is 0.671. The molecule has 0 aliphatic heterocycles. The van der Waals surface area contributed by atoms with Gasteiger partial charge in [-0.05, 0) is 0 Å². The molecule has 0 aromatic heterocycles. The second-order valence-corrected chi connectivity index (χ2v) is 0.671. The molecule has 0 amide bonds. The maximum absolute atomic E-state index is 8.25. The maximum Gasteiger partial charge on any atom is 2.00 e. The minimum atomic E-state index is -1.75. The van der Waals surface area contributed by atoms with Crippen LogP contribution in [-0.2, 0) is 17.1 Å². The van der Waals surface area contributed by atoms with Gasteiger partial charge in [-0.25, -0.2) is 0 Å². The standard InChI is InChI=1S/Cu.3NO3.Na/c;3*2-1(3)4;/q+2;3*-1;+1. The average molecular weight is 273 g/mol. The van der Waals surface area contributed by atoms with E-state index in [0.29, 0.717) is 0 Å². The van der Waals surface area contributed by atoms with Crippen LogP contribution in [0.5, 0.6) is 0 Å². The molecule has 0 heterocycles. The van der Waals surface area contributed by atoms with Crippen LogP contribution in [0.3, 0.4) is 0 Å². The minimum Gasteiger partial charge on any atom is -0.356 e. The summed E-state index contributed by atoms with van der Waals surface area (Å²) in [6.07, 6.45) is 0. The van der Waals surface area contributed by atoms with Gasteiger partial charge in [0.05, 0.1) is 15.3 Å². The minimum absolute atomic E-state index is 0. The van der Waals surface area contributed by atoms with E-state index in [1.165, 1.54) is 0 Å². The number of nitrogens with zero attached hydrogens (tertiary/aromatic N) is 3. The van der Waals surface area contributed by atoms with Crippen molar-refractivity contribution in [3.05, 3.63) is 46.0 Å². The third kappa shape index (κ3) is 1470. The molecule has 14 heavy (non-hydrogen) atoms. The third-order valence-electron chi connectivity index (χ3n) is 0. The van der Waals surface area contributed by atoms with E-state index in [1.807, 2.05) is 0 Å². The Kier molecular flexibility index (Phi) is 47.5. The molecule has 0 aromatic carbocycles. The van der Waals surface area contributed by atoms with Crippen molar-refractivity contribution in [2.75, 3.05) is 0 Å². The van der Waals surface area contributed by atoms with Crippen molar-refractivity contribution in [1.29, 1.82) is 0 Å². The van der Waals surface area contributed by atoms with Gasteiger partial charge >= 0.3 is 46.6 Å². The molecule has 0 N–H and O–H groups in total. The van der Waals surface area contributed by atoms with E-state index in [-0.39, 0.29) is 46.6 Å². The van der Waals surface area contributed by atoms with Gasteiger partial charge in [0, 0.05) is 0 Å². The second kappa shape index (κ2) is 22.7. The van der Waals surface area contributed by atoms with Crippen LogP contribution in [0.15, 0.2) is 0 Å². The van der Waals surface area contributed by atoms with Gasteiger partial charge < -0.3 is 46.0 Å². The third-order valence-corrected chi connectivity index (χ3v) is 0. The molecule has 12 nitrogen and oxygen atoms in total. The number of hydrogen-bond acceptors (Lipinski definition) is 9. The molecule has 81 valence electrons. The molecular formula is CuN3NaO9. The van der Waals surface area contributed by atoms with Crippen molar-refractivity contribution >= 4 is 0 Å². The van der Waals surface area contributed by atoms with E-state index >= 15 is 0 Å². The van der Waals surface area contributed by atoms with E-state index in [9.17, 15) is 0 Å². The molecule has 0 aromatic rings. The summed E-state index contributed by atoms with van der Waals surface area (Å²) in [4.78, 5) is 24.8. The first kappa shape index (κ1) is 29.2. The number of rotatable bonds is 0. The zero-order chi connectivity index (χ0) is 10.7. The Balaban J connectivity index is -0.0000000270. The summed E-state index contributed by atoms with van der Waals surface area (Å²) in [7, 11) is 0. The van der Waals surface area contributed by atoms with E-state index < -0.39 is 15.3 Å². The first-order valence-corrected chi connectivity index (χ1v) is 1.64. The Morgan fingerprint density at radius 3 is 0.571 bits per heavy atom. The Morgan fingerprint density at radius 2 is 0.571 bits per heavy atom. The fourth-order valence-corrected chi connectivity index (χ4v) is 0.